The SMILES string of the molecule is CC(C)(C)OC(=O)N1C(=O)C=C[C@@H]1[C@@H](C[N+](=O)[O-])c1ccccc1. The summed E-state index contributed by atoms with van der Waals surface area (Å²) in [6.07, 6.45) is 1.98. The lowest BCUT2D eigenvalue weighted by atomic mass is 9.91. The highest BCUT2D eigenvalue weighted by Crippen LogP contribution is 2.29. The summed E-state index contributed by atoms with van der Waals surface area (Å²) in [4.78, 5) is 36.1. The Balaban J connectivity index is 2.33. The summed E-state index contributed by atoms with van der Waals surface area (Å²) < 4.78 is 5.27. The minimum Gasteiger partial charge on any atom is -0.443 e. The minimum atomic E-state index is -0.799. The number of carbonyl (C=O) groups is 2. The van der Waals surface area contributed by atoms with Crippen molar-refractivity contribution in [2.75, 3.05) is 6.54 Å². The molecule has 1 aromatic rings. The van der Waals surface area contributed by atoms with Crippen LogP contribution < -0.4 is 0 Å². The Morgan fingerprint density at radius 3 is 2.50 bits per heavy atom. The number of hydrogen-bond donors (Lipinski definition) is 0. The number of hydrogen-bond acceptors (Lipinski definition) is 5. The Morgan fingerprint density at radius 1 is 1.33 bits per heavy atom. The van der Waals surface area contributed by atoms with Gasteiger partial charge in [-0.25, -0.2) is 9.69 Å². The van der Waals surface area contributed by atoms with Gasteiger partial charge in [-0.1, -0.05) is 36.4 Å². The first kappa shape index (κ1) is 17.7. The standard InChI is InChI=1S/C17H20N2O5/c1-17(2,3)24-16(21)19-14(9-10-15(19)20)13(11-18(22)23)12-7-5-4-6-8-12/h4-10,13-14H,11H2,1-3H3/t13-,14+/m0/s1. The van der Waals surface area contributed by atoms with Crippen molar-refractivity contribution in [3.05, 3.63) is 58.2 Å². The molecule has 0 saturated heterocycles. The van der Waals surface area contributed by atoms with Crippen LogP contribution in [0.1, 0.15) is 32.3 Å². The second-order valence-corrected chi connectivity index (χ2v) is 6.57. The lowest BCUT2D eigenvalue weighted by Crippen LogP contribution is -2.46. The van der Waals surface area contributed by atoms with Crippen LogP contribution in [0, 0.1) is 10.1 Å². The van der Waals surface area contributed by atoms with E-state index in [2.05, 4.69) is 0 Å². The molecular weight excluding hydrogens is 312 g/mol. The van der Waals surface area contributed by atoms with Crippen LogP contribution in [0.5, 0.6) is 0 Å². The number of carbonyl (C=O) groups excluding carboxylic acids is 2. The molecule has 1 aromatic carbocycles. The minimum absolute atomic E-state index is 0.397. The van der Waals surface area contributed by atoms with E-state index in [1.54, 1.807) is 51.1 Å². The van der Waals surface area contributed by atoms with Gasteiger partial charge < -0.3 is 4.74 Å². The summed E-state index contributed by atoms with van der Waals surface area (Å²) >= 11 is 0. The van der Waals surface area contributed by atoms with Gasteiger partial charge in [0.25, 0.3) is 5.91 Å². The molecule has 0 fully saturated rings. The lowest BCUT2D eigenvalue weighted by molar-refractivity contribution is -0.484. The Morgan fingerprint density at radius 2 is 1.96 bits per heavy atom. The monoisotopic (exact) mass is 332 g/mol. The van der Waals surface area contributed by atoms with Crippen LogP contribution in [-0.4, -0.2) is 40.0 Å². The Hall–Kier alpha value is -2.70. The van der Waals surface area contributed by atoms with E-state index < -0.39 is 41.0 Å². The number of nitro groups is 1. The van der Waals surface area contributed by atoms with Crippen molar-refractivity contribution in [2.45, 2.75) is 38.3 Å². The normalized spacial score (nSPS) is 18.5. The molecule has 0 saturated carbocycles. The first-order chi connectivity index (χ1) is 11.2. The van der Waals surface area contributed by atoms with Crippen LogP contribution in [0.3, 0.4) is 0 Å². The Bertz CT molecular complexity index is 663. The zero-order valence-corrected chi connectivity index (χ0v) is 13.8. The van der Waals surface area contributed by atoms with Crippen molar-refractivity contribution in [3.8, 4) is 0 Å². The molecule has 2 amide bonds. The third-order valence-corrected chi connectivity index (χ3v) is 3.55. The average molecular weight is 332 g/mol. The molecule has 0 radical (unpaired) electrons. The van der Waals surface area contributed by atoms with Gasteiger partial charge in [0.15, 0.2) is 0 Å². The second kappa shape index (κ2) is 6.82. The number of amides is 2. The molecule has 1 aliphatic rings. The van der Waals surface area contributed by atoms with Crippen LogP contribution in [0.4, 0.5) is 4.79 Å². The molecular formula is C17H20N2O5. The molecule has 1 heterocycles. The van der Waals surface area contributed by atoms with Crippen LogP contribution >= 0.6 is 0 Å². The van der Waals surface area contributed by atoms with Gasteiger partial charge in [0.1, 0.15) is 5.60 Å². The maximum absolute atomic E-state index is 12.4. The summed E-state index contributed by atoms with van der Waals surface area (Å²) in [6.45, 7) is 4.68. The highest BCUT2D eigenvalue weighted by Gasteiger charge is 2.41. The predicted molar refractivity (Wildman–Crippen MR) is 87.1 cm³/mol. The quantitative estimate of drug-likeness (QED) is 0.624. The van der Waals surface area contributed by atoms with Gasteiger partial charge in [-0.15, -0.1) is 0 Å². The summed E-state index contributed by atoms with van der Waals surface area (Å²) in [5, 5.41) is 11.1. The first-order valence-corrected chi connectivity index (χ1v) is 7.60. The molecule has 0 N–H and O–H groups in total. The molecule has 0 unspecified atom stereocenters. The number of benzene rings is 1. The summed E-state index contributed by atoms with van der Waals surface area (Å²) in [5.74, 6) is -1.17. The van der Waals surface area contributed by atoms with E-state index in [0.29, 0.717) is 5.56 Å². The van der Waals surface area contributed by atoms with Crippen molar-refractivity contribution in [1.82, 2.24) is 4.90 Å². The van der Waals surface area contributed by atoms with Gasteiger partial charge in [0.2, 0.25) is 6.54 Å². The topological polar surface area (TPSA) is 89.8 Å². The lowest BCUT2D eigenvalue weighted by Gasteiger charge is -2.30. The summed E-state index contributed by atoms with van der Waals surface area (Å²) in [6, 6.07) is 8.07. The molecule has 0 aliphatic carbocycles. The van der Waals surface area contributed by atoms with Crippen LogP contribution in [0.15, 0.2) is 42.5 Å². The average Bonchev–Trinajstić information content (AvgIpc) is 2.85. The zero-order valence-electron chi connectivity index (χ0n) is 13.8. The van der Waals surface area contributed by atoms with E-state index in [1.807, 2.05) is 0 Å². The van der Waals surface area contributed by atoms with E-state index >= 15 is 0 Å². The zero-order chi connectivity index (χ0) is 17.9. The number of rotatable bonds is 4. The molecule has 0 aromatic heterocycles. The van der Waals surface area contributed by atoms with E-state index in [0.717, 1.165) is 4.90 Å². The highest BCUT2D eigenvalue weighted by atomic mass is 16.6. The molecule has 128 valence electrons. The van der Waals surface area contributed by atoms with Crippen molar-refractivity contribution in [1.29, 1.82) is 0 Å². The molecule has 2 rings (SSSR count). The van der Waals surface area contributed by atoms with E-state index in [1.165, 1.54) is 12.2 Å². The van der Waals surface area contributed by atoms with Gasteiger partial charge in [-0.3, -0.25) is 14.9 Å². The number of nitrogens with zero attached hydrogens (tertiary/aromatic N) is 2. The van der Waals surface area contributed by atoms with Crippen LogP contribution in [0.2, 0.25) is 0 Å². The number of imide groups is 1. The molecule has 7 nitrogen and oxygen atoms in total. The van der Waals surface area contributed by atoms with Gasteiger partial charge in [-0.2, -0.15) is 0 Å². The van der Waals surface area contributed by atoms with Crippen molar-refractivity contribution in [3.63, 3.8) is 0 Å². The largest absolute Gasteiger partial charge is 0.443 e. The van der Waals surface area contributed by atoms with Crippen LogP contribution in [0.25, 0.3) is 0 Å². The van der Waals surface area contributed by atoms with Gasteiger partial charge in [0.05, 0.1) is 12.0 Å². The smallest absolute Gasteiger partial charge is 0.417 e. The highest BCUT2D eigenvalue weighted by molar-refractivity contribution is 6.01. The van der Waals surface area contributed by atoms with Crippen molar-refractivity contribution >= 4 is 12.0 Å². The summed E-state index contributed by atoms with van der Waals surface area (Å²) in [7, 11) is 0. The molecule has 7 heteroatoms. The fourth-order valence-electron chi connectivity index (χ4n) is 2.60. The number of ether oxygens (including phenoxy) is 1. The van der Waals surface area contributed by atoms with Crippen molar-refractivity contribution in [2.24, 2.45) is 0 Å². The van der Waals surface area contributed by atoms with Gasteiger partial charge >= 0.3 is 6.09 Å². The molecule has 0 spiro atoms. The van der Waals surface area contributed by atoms with Crippen LogP contribution in [-0.2, 0) is 9.53 Å². The fourth-order valence-corrected chi connectivity index (χ4v) is 2.60. The van der Waals surface area contributed by atoms with E-state index in [4.69, 9.17) is 4.74 Å². The second-order valence-electron chi connectivity index (χ2n) is 6.57. The predicted octanol–water partition coefficient (Wildman–Crippen LogP) is 2.75. The molecule has 0 bridgehead atoms. The third-order valence-electron chi connectivity index (χ3n) is 3.55. The Kier molecular flexibility index (Phi) is 5.02. The fraction of sp³-hybridized carbons (Fsp3) is 0.412. The maximum atomic E-state index is 12.4. The first-order valence-electron chi connectivity index (χ1n) is 7.60. The van der Waals surface area contributed by atoms with Gasteiger partial charge in [0, 0.05) is 11.0 Å². The Labute approximate surface area is 140 Å². The van der Waals surface area contributed by atoms with E-state index in [9.17, 15) is 19.7 Å². The van der Waals surface area contributed by atoms with E-state index in [-0.39, 0.29) is 0 Å². The third kappa shape index (κ3) is 4.18. The molecule has 2 atom stereocenters. The van der Waals surface area contributed by atoms with Gasteiger partial charge in [-0.05, 0) is 26.3 Å². The summed E-state index contributed by atoms with van der Waals surface area (Å²) in [5.41, 5.74) is -0.0809. The maximum Gasteiger partial charge on any atom is 0.417 e. The molecule has 24 heavy (non-hydrogen) atoms. The van der Waals surface area contributed by atoms with Crippen molar-refractivity contribution < 1.29 is 19.2 Å². The molecule has 1 aliphatic heterocycles.